The molecule has 1 aliphatic heterocycles. The van der Waals surface area contributed by atoms with E-state index in [0.717, 1.165) is 0 Å². The summed E-state index contributed by atoms with van der Waals surface area (Å²) in [6.07, 6.45) is 2.44. The molecule has 1 radical (unpaired) electrons. The van der Waals surface area contributed by atoms with Crippen LogP contribution >= 0.6 is 0 Å². The summed E-state index contributed by atoms with van der Waals surface area (Å²) in [6.45, 7) is 3.84. The Morgan fingerprint density at radius 3 is 2.69 bits per heavy atom. The molecule has 1 saturated heterocycles. The van der Waals surface area contributed by atoms with Crippen LogP contribution in [0.1, 0.15) is 12.8 Å². The predicted octanol–water partition coefficient (Wildman–Crippen LogP) is -0.305. The zero-order valence-corrected chi connectivity index (χ0v) is 8.44. The molecule has 0 aromatic rings. The van der Waals surface area contributed by atoms with Crippen LogP contribution < -0.4 is 11.5 Å². The van der Waals surface area contributed by atoms with Gasteiger partial charge in [0.15, 0.2) is 0 Å². The van der Waals surface area contributed by atoms with Gasteiger partial charge in [-0.3, -0.25) is 0 Å². The predicted molar refractivity (Wildman–Crippen MR) is 44.7 cm³/mol. The van der Waals surface area contributed by atoms with Crippen molar-refractivity contribution >= 4 is 5.78 Å². The average molecular weight is 224 g/mol. The molecule has 0 aromatic carbocycles. The molecule has 1 aliphatic rings. The zero-order chi connectivity index (χ0) is 9.19. The van der Waals surface area contributed by atoms with Crippen LogP contribution in [0, 0.1) is 6.10 Å². The van der Waals surface area contributed by atoms with E-state index in [1.54, 1.807) is 0 Å². The maximum absolute atomic E-state index is 11.0. The molecule has 4 N–H and O–H groups in total. The minimum absolute atomic E-state index is 0. The van der Waals surface area contributed by atoms with E-state index in [-0.39, 0.29) is 29.3 Å². The van der Waals surface area contributed by atoms with Crippen LogP contribution in [0.5, 0.6) is 0 Å². The number of ether oxygens (including phenoxy) is 1. The average Bonchev–Trinajstić information content (AvgIpc) is 2.05. The van der Waals surface area contributed by atoms with Crippen LogP contribution in [0.15, 0.2) is 12.7 Å². The molecule has 1 fully saturated rings. The van der Waals surface area contributed by atoms with E-state index in [9.17, 15) is 4.79 Å². The Morgan fingerprint density at radius 2 is 2.23 bits per heavy atom. The fraction of sp³-hybridized carbons (Fsp3) is 0.500. The summed E-state index contributed by atoms with van der Waals surface area (Å²) in [5.41, 5.74) is 10.0. The first-order valence-electron chi connectivity index (χ1n) is 3.78. The minimum Gasteiger partial charge on any atom is -0.545 e. The number of Topliss-reactive ketones (excluding diaryl/α,β-unsaturated/α-hetero) is 1. The fourth-order valence-corrected chi connectivity index (χ4v) is 0.998. The number of nitrogens with two attached hydrogens (primary N) is 2. The third-order valence-electron chi connectivity index (χ3n) is 1.84. The number of hydrogen-bond acceptors (Lipinski definition) is 4. The first-order chi connectivity index (χ1) is 5.56. The molecular formula is C8H13MnN2O2-. The Morgan fingerprint density at radius 1 is 1.62 bits per heavy atom. The Balaban J connectivity index is 0.00000144. The standard InChI is InChI=1S/C8H13N2O2.Mn/c1-2-8(9,10)7-5-6(11)3-4-12-7;/h2H,1,3-5,9-10H2;/q-1;. The molecule has 13 heavy (non-hydrogen) atoms. The molecule has 5 heteroatoms. The topological polar surface area (TPSA) is 78.3 Å². The van der Waals surface area contributed by atoms with Crippen molar-refractivity contribution < 1.29 is 26.6 Å². The van der Waals surface area contributed by atoms with Gasteiger partial charge in [0.05, 0.1) is 0 Å². The van der Waals surface area contributed by atoms with Gasteiger partial charge in [-0.05, 0) is 5.66 Å². The molecule has 0 unspecified atom stereocenters. The molecule has 1 rings (SSSR count). The summed E-state index contributed by atoms with van der Waals surface area (Å²) in [5, 5.41) is 0. The minimum atomic E-state index is -1.17. The van der Waals surface area contributed by atoms with Gasteiger partial charge in [0.25, 0.3) is 0 Å². The molecule has 0 amide bonds. The van der Waals surface area contributed by atoms with E-state index in [4.69, 9.17) is 16.2 Å². The van der Waals surface area contributed by atoms with E-state index in [2.05, 4.69) is 6.58 Å². The number of ketones is 1. The van der Waals surface area contributed by atoms with Gasteiger partial charge in [0.2, 0.25) is 0 Å². The molecule has 0 aliphatic carbocycles. The van der Waals surface area contributed by atoms with Crippen molar-refractivity contribution in [2.24, 2.45) is 11.5 Å². The fourth-order valence-electron chi connectivity index (χ4n) is 0.998. The van der Waals surface area contributed by atoms with E-state index >= 15 is 0 Å². The van der Waals surface area contributed by atoms with Crippen LogP contribution in [0.4, 0.5) is 0 Å². The molecular weight excluding hydrogens is 211 g/mol. The van der Waals surface area contributed by atoms with Crippen LogP contribution in [0.2, 0.25) is 0 Å². The van der Waals surface area contributed by atoms with Gasteiger partial charge in [0, 0.05) is 30.1 Å². The Bertz CT molecular complexity index is 206. The molecule has 0 bridgehead atoms. The van der Waals surface area contributed by atoms with E-state index in [1.165, 1.54) is 6.08 Å². The van der Waals surface area contributed by atoms with Crippen LogP contribution in [-0.4, -0.2) is 18.1 Å². The van der Waals surface area contributed by atoms with Crippen molar-refractivity contribution in [2.45, 2.75) is 18.5 Å². The van der Waals surface area contributed by atoms with Crippen molar-refractivity contribution in [1.29, 1.82) is 0 Å². The first kappa shape index (κ1) is 12.8. The van der Waals surface area contributed by atoms with Crippen molar-refractivity contribution in [2.75, 3.05) is 6.61 Å². The van der Waals surface area contributed by atoms with E-state index < -0.39 is 5.66 Å². The van der Waals surface area contributed by atoms with Gasteiger partial charge in [-0.15, -0.1) is 6.58 Å². The summed E-state index contributed by atoms with van der Waals surface area (Å²) < 4.78 is 5.18. The molecule has 0 saturated carbocycles. The van der Waals surface area contributed by atoms with E-state index in [0.29, 0.717) is 19.1 Å². The summed E-state index contributed by atoms with van der Waals surface area (Å²) >= 11 is 0. The van der Waals surface area contributed by atoms with Crippen LogP contribution in [0.3, 0.4) is 0 Å². The van der Waals surface area contributed by atoms with Gasteiger partial charge in [-0.25, -0.2) is 0 Å². The van der Waals surface area contributed by atoms with E-state index in [1.807, 2.05) is 0 Å². The Labute approximate surface area is 88.1 Å². The molecule has 4 nitrogen and oxygen atoms in total. The van der Waals surface area contributed by atoms with Crippen molar-refractivity contribution in [1.82, 2.24) is 0 Å². The molecule has 0 aromatic heterocycles. The van der Waals surface area contributed by atoms with Crippen molar-refractivity contribution in [3.63, 3.8) is 0 Å². The smallest absolute Gasteiger partial charge is 0.108 e. The Kier molecular flexibility index (Phi) is 4.81. The van der Waals surface area contributed by atoms with Gasteiger partial charge in [-0.2, -0.15) is 6.10 Å². The largest absolute Gasteiger partial charge is 0.545 e. The molecule has 1 heterocycles. The third-order valence-corrected chi connectivity index (χ3v) is 1.84. The number of hydrogen-bond donors (Lipinski definition) is 2. The second-order valence-electron chi connectivity index (χ2n) is 2.87. The maximum atomic E-state index is 11.0. The van der Waals surface area contributed by atoms with Crippen LogP contribution in [0.25, 0.3) is 0 Å². The normalized spacial score (nSPS) is 19.4. The molecule has 75 valence electrons. The second-order valence-corrected chi connectivity index (χ2v) is 2.87. The third kappa shape index (κ3) is 3.21. The maximum Gasteiger partial charge on any atom is 0.108 e. The quantitative estimate of drug-likeness (QED) is 0.292. The van der Waals surface area contributed by atoms with Crippen molar-refractivity contribution in [3.05, 3.63) is 18.8 Å². The number of rotatable bonds is 2. The first-order valence-corrected chi connectivity index (χ1v) is 3.78. The SMILES string of the molecule is C=CC(N)(N)[C-]1CC(=O)CCO1.[Mn]. The van der Waals surface area contributed by atoms with Gasteiger partial charge in [-0.1, -0.05) is 12.5 Å². The summed E-state index contributed by atoms with van der Waals surface area (Å²) in [6, 6.07) is 0. The number of carbonyl (C=O) groups excluding carboxylic acids is 1. The van der Waals surface area contributed by atoms with Gasteiger partial charge in [0.1, 0.15) is 5.78 Å². The summed E-state index contributed by atoms with van der Waals surface area (Å²) in [5.74, 6) is 0.110. The molecule has 0 spiro atoms. The van der Waals surface area contributed by atoms with Gasteiger partial charge >= 0.3 is 0 Å². The second kappa shape index (κ2) is 4.88. The van der Waals surface area contributed by atoms with Crippen molar-refractivity contribution in [3.8, 4) is 0 Å². The Hall–Kier alpha value is -0.191. The number of carbonyl (C=O) groups is 1. The van der Waals surface area contributed by atoms with Crippen LogP contribution in [-0.2, 0) is 26.6 Å². The monoisotopic (exact) mass is 224 g/mol. The molecule has 0 atom stereocenters. The summed E-state index contributed by atoms with van der Waals surface area (Å²) in [7, 11) is 0. The zero-order valence-electron chi connectivity index (χ0n) is 7.25. The van der Waals surface area contributed by atoms with Gasteiger partial charge < -0.3 is 21.0 Å². The summed E-state index contributed by atoms with van der Waals surface area (Å²) in [4.78, 5) is 11.0.